The molecule has 4 heteroatoms. The predicted octanol–water partition coefficient (Wildman–Crippen LogP) is 0.267. The van der Waals surface area contributed by atoms with Gasteiger partial charge in [0.05, 0.1) is 0 Å². The highest BCUT2D eigenvalue weighted by molar-refractivity contribution is 5.75. The van der Waals surface area contributed by atoms with E-state index in [4.69, 9.17) is 10.5 Å². The predicted molar refractivity (Wildman–Crippen MR) is 52.4 cm³/mol. The Morgan fingerprint density at radius 3 is 2.62 bits per heavy atom. The molecule has 0 bridgehead atoms. The molecule has 4 nitrogen and oxygen atoms in total. The molecule has 0 aromatic carbocycles. The lowest BCUT2D eigenvalue weighted by atomic mass is 9.93. The Balaban J connectivity index is 4.06. The number of amides is 1. The van der Waals surface area contributed by atoms with E-state index >= 15 is 0 Å². The third-order valence-corrected chi connectivity index (χ3v) is 2.03. The summed E-state index contributed by atoms with van der Waals surface area (Å²) >= 11 is 0. The fraction of sp³-hybridized carbons (Fsp3) is 0.889. The average Bonchev–Trinajstić information content (AvgIpc) is 2.00. The third kappa shape index (κ3) is 5.60. The van der Waals surface area contributed by atoms with Crippen LogP contribution in [-0.4, -0.2) is 31.7 Å². The van der Waals surface area contributed by atoms with Crippen molar-refractivity contribution in [2.45, 2.75) is 32.2 Å². The van der Waals surface area contributed by atoms with Crippen LogP contribution in [0.2, 0.25) is 0 Å². The largest absolute Gasteiger partial charge is 0.385 e. The molecule has 78 valence electrons. The molecule has 0 rings (SSSR count). The molecule has 0 heterocycles. The highest BCUT2D eigenvalue weighted by atomic mass is 16.5. The summed E-state index contributed by atoms with van der Waals surface area (Å²) in [5, 5.41) is 3.24. The van der Waals surface area contributed by atoms with E-state index in [-0.39, 0.29) is 11.4 Å². The first-order chi connectivity index (χ1) is 6.04. The number of ether oxygens (including phenoxy) is 1. The van der Waals surface area contributed by atoms with Crippen LogP contribution in [-0.2, 0) is 9.53 Å². The van der Waals surface area contributed by atoms with Crippen molar-refractivity contribution in [3.63, 3.8) is 0 Å². The Hall–Kier alpha value is -0.610. The molecule has 0 aromatic rings. The molecule has 0 radical (unpaired) electrons. The fourth-order valence-electron chi connectivity index (χ4n) is 1.38. The van der Waals surface area contributed by atoms with Gasteiger partial charge in [0, 0.05) is 25.7 Å². The second kappa shape index (κ2) is 5.94. The van der Waals surface area contributed by atoms with Gasteiger partial charge in [0.25, 0.3) is 0 Å². The van der Waals surface area contributed by atoms with Gasteiger partial charge in [-0.2, -0.15) is 0 Å². The number of methoxy groups -OCH3 is 1. The Morgan fingerprint density at radius 1 is 1.62 bits per heavy atom. The van der Waals surface area contributed by atoms with Crippen LogP contribution in [0, 0.1) is 0 Å². The fourth-order valence-corrected chi connectivity index (χ4v) is 1.38. The Bertz CT molecular complexity index is 162. The minimum Gasteiger partial charge on any atom is -0.385 e. The first-order valence-electron chi connectivity index (χ1n) is 4.56. The molecule has 1 unspecified atom stereocenters. The van der Waals surface area contributed by atoms with Crippen molar-refractivity contribution in [2.75, 3.05) is 20.3 Å². The van der Waals surface area contributed by atoms with E-state index < -0.39 is 0 Å². The number of carbonyl (C=O) groups is 1. The molecule has 0 saturated carbocycles. The molecule has 1 atom stereocenters. The first kappa shape index (κ1) is 12.4. The SMILES string of the molecule is CCNC(C)(CCOC)CC(N)=O. The van der Waals surface area contributed by atoms with Crippen LogP contribution in [0.4, 0.5) is 0 Å². The summed E-state index contributed by atoms with van der Waals surface area (Å²) in [6, 6.07) is 0. The standard InChI is InChI=1S/C9H20N2O2/c1-4-11-9(2,5-6-13-3)7-8(10)12/h11H,4-7H2,1-3H3,(H2,10,12). The van der Waals surface area contributed by atoms with Gasteiger partial charge in [0.15, 0.2) is 0 Å². The summed E-state index contributed by atoms with van der Waals surface area (Å²) in [5.41, 5.74) is 4.94. The zero-order valence-electron chi connectivity index (χ0n) is 8.72. The molecule has 1 amide bonds. The highest BCUT2D eigenvalue weighted by Crippen LogP contribution is 2.13. The van der Waals surface area contributed by atoms with Gasteiger partial charge in [0.2, 0.25) is 5.91 Å². The number of primary amides is 1. The van der Waals surface area contributed by atoms with E-state index in [2.05, 4.69) is 5.32 Å². The molecule has 0 aliphatic carbocycles. The summed E-state index contributed by atoms with van der Waals surface area (Å²) in [7, 11) is 1.65. The minimum atomic E-state index is -0.278. The van der Waals surface area contributed by atoms with Crippen LogP contribution >= 0.6 is 0 Å². The van der Waals surface area contributed by atoms with E-state index in [1.165, 1.54) is 0 Å². The van der Waals surface area contributed by atoms with E-state index in [1.54, 1.807) is 7.11 Å². The van der Waals surface area contributed by atoms with Crippen LogP contribution in [0.1, 0.15) is 26.7 Å². The maximum atomic E-state index is 10.8. The van der Waals surface area contributed by atoms with Crippen LogP contribution in [0.25, 0.3) is 0 Å². The van der Waals surface area contributed by atoms with Gasteiger partial charge in [-0.25, -0.2) is 0 Å². The molecule has 0 saturated heterocycles. The van der Waals surface area contributed by atoms with Gasteiger partial charge in [-0.3, -0.25) is 4.79 Å². The lowest BCUT2D eigenvalue weighted by Gasteiger charge is -2.29. The summed E-state index contributed by atoms with van der Waals surface area (Å²) in [6.07, 6.45) is 1.14. The van der Waals surface area contributed by atoms with Crippen molar-refractivity contribution in [3.8, 4) is 0 Å². The number of hydrogen-bond donors (Lipinski definition) is 2. The first-order valence-corrected chi connectivity index (χ1v) is 4.56. The van der Waals surface area contributed by atoms with Crippen LogP contribution in [0.3, 0.4) is 0 Å². The molecular weight excluding hydrogens is 168 g/mol. The number of rotatable bonds is 7. The average molecular weight is 188 g/mol. The third-order valence-electron chi connectivity index (χ3n) is 2.03. The molecular formula is C9H20N2O2. The van der Waals surface area contributed by atoms with Gasteiger partial charge >= 0.3 is 0 Å². The van der Waals surface area contributed by atoms with Crippen molar-refractivity contribution in [3.05, 3.63) is 0 Å². The van der Waals surface area contributed by atoms with Crippen molar-refractivity contribution in [2.24, 2.45) is 5.73 Å². The van der Waals surface area contributed by atoms with Gasteiger partial charge in [-0.1, -0.05) is 6.92 Å². The van der Waals surface area contributed by atoms with Crippen LogP contribution in [0.5, 0.6) is 0 Å². The summed E-state index contributed by atoms with van der Waals surface area (Å²) in [6.45, 7) is 5.45. The summed E-state index contributed by atoms with van der Waals surface area (Å²) in [5.74, 6) is -0.278. The lowest BCUT2D eigenvalue weighted by Crippen LogP contribution is -2.46. The van der Waals surface area contributed by atoms with Gasteiger partial charge < -0.3 is 15.8 Å². The van der Waals surface area contributed by atoms with E-state index in [0.717, 1.165) is 13.0 Å². The second-order valence-corrected chi connectivity index (χ2v) is 3.48. The normalized spacial score (nSPS) is 15.3. The molecule has 0 fully saturated rings. The molecule has 0 aromatic heterocycles. The quantitative estimate of drug-likeness (QED) is 0.602. The highest BCUT2D eigenvalue weighted by Gasteiger charge is 2.24. The topological polar surface area (TPSA) is 64.3 Å². The number of carbonyl (C=O) groups excluding carboxylic acids is 1. The van der Waals surface area contributed by atoms with E-state index in [1.807, 2.05) is 13.8 Å². The van der Waals surface area contributed by atoms with Crippen molar-refractivity contribution in [1.82, 2.24) is 5.32 Å². The number of nitrogens with one attached hydrogen (secondary N) is 1. The Labute approximate surface area is 79.8 Å². The van der Waals surface area contributed by atoms with Gasteiger partial charge in [-0.05, 0) is 19.9 Å². The maximum Gasteiger partial charge on any atom is 0.219 e. The smallest absolute Gasteiger partial charge is 0.219 e. The monoisotopic (exact) mass is 188 g/mol. The lowest BCUT2D eigenvalue weighted by molar-refractivity contribution is -0.119. The molecule has 13 heavy (non-hydrogen) atoms. The van der Waals surface area contributed by atoms with E-state index in [0.29, 0.717) is 13.0 Å². The van der Waals surface area contributed by atoms with Crippen molar-refractivity contribution in [1.29, 1.82) is 0 Å². The Kier molecular flexibility index (Phi) is 5.66. The summed E-state index contributed by atoms with van der Waals surface area (Å²) < 4.78 is 4.97. The zero-order valence-corrected chi connectivity index (χ0v) is 8.72. The van der Waals surface area contributed by atoms with Crippen molar-refractivity contribution >= 4 is 5.91 Å². The molecule has 0 aliphatic rings. The zero-order chi connectivity index (χ0) is 10.3. The maximum absolute atomic E-state index is 10.8. The number of nitrogens with two attached hydrogens (primary N) is 1. The van der Waals surface area contributed by atoms with Crippen LogP contribution < -0.4 is 11.1 Å². The minimum absolute atomic E-state index is 0.226. The van der Waals surface area contributed by atoms with Crippen molar-refractivity contribution < 1.29 is 9.53 Å². The van der Waals surface area contributed by atoms with Gasteiger partial charge in [0.1, 0.15) is 0 Å². The van der Waals surface area contributed by atoms with Crippen LogP contribution in [0.15, 0.2) is 0 Å². The Morgan fingerprint density at radius 2 is 2.23 bits per heavy atom. The molecule has 0 aliphatic heterocycles. The van der Waals surface area contributed by atoms with E-state index in [9.17, 15) is 4.79 Å². The van der Waals surface area contributed by atoms with Gasteiger partial charge in [-0.15, -0.1) is 0 Å². The number of hydrogen-bond acceptors (Lipinski definition) is 3. The second-order valence-electron chi connectivity index (χ2n) is 3.48. The molecule has 0 spiro atoms. The summed E-state index contributed by atoms with van der Waals surface area (Å²) in [4.78, 5) is 10.8. The molecule has 3 N–H and O–H groups in total.